The SMILES string of the molecule is Oc1cc(Nc2ccccn2)cc(-c2cccc3[nH]ccc23)c1. The molecule has 0 unspecified atom stereocenters. The Labute approximate surface area is 133 Å². The zero-order chi connectivity index (χ0) is 15.6. The molecule has 0 saturated carbocycles. The van der Waals surface area contributed by atoms with Gasteiger partial charge in [-0.05, 0) is 47.5 Å². The van der Waals surface area contributed by atoms with Gasteiger partial charge in [-0.2, -0.15) is 0 Å². The van der Waals surface area contributed by atoms with Crippen molar-refractivity contribution in [2.24, 2.45) is 0 Å². The van der Waals surface area contributed by atoms with Crippen LogP contribution in [0.2, 0.25) is 0 Å². The average Bonchev–Trinajstić information content (AvgIpc) is 3.04. The van der Waals surface area contributed by atoms with Crippen LogP contribution < -0.4 is 5.32 Å². The van der Waals surface area contributed by atoms with E-state index in [-0.39, 0.29) is 5.75 Å². The second-order valence-corrected chi connectivity index (χ2v) is 5.35. The van der Waals surface area contributed by atoms with Crippen molar-refractivity contribution < 1.29 is 5.11 Å². The summed E-state index contributed by atoms with van der Waals surface area (Å²) in [6.07, 6.45) is 3.65. The summed E-state index contributed by atoms with van der Waals surface area (Å²) in [7, 11) is 0. The molecule has 0 bridgehead atoms. The summed E-state index contributed by atoms with van der Waals surface area (Å²) in [5.74, 6) is 0.956. The van der Waals surface area contributed by atoms with E-state index in [4.69, 9.17) is 0 Å². The molecule has 0 aliphatic rings. The number of phenolic OH excluding ortho intramolecular Hbond substituents is 1. The summed E-state index contributed by atoms with van der Waals surface area (Å²) < 4.78 is 0. The number of aromatic nitrogens is 2. The molecular weight excluding hydrogens is 286 g/mol. The van der Waals surface area contributed by atoms with E-state index in [1.807, 2.05) is 48.7 Å². The van der Waals surface area contributed by atoms with Crippen molar-refractivity contribution in [1.82, 2.24) is 9.97 Å². The first kappa shape index (κ1) is 13.4. The predicted octanol–water partition coefficient (Wildman–Crippen LogP) is 4.68. The summed E-state index contributed by atoms with van der Waals surface area (Å²) in [5, 5.41) is 14.4. The molecule has 0 aliphatic carbocycles. The van der Waals surface area contributed by atoms with Gasteiger partial charge in [-0.25, -0.2) is 4.98 Å². The standard InChI is InChI=1S/C19H15N3O/c23-15-11-13(16-4-3-5-18-17(16)7-9-20-18)10-14(12-15)22-19-6-1-2-8-21-19/h1-12,20,23H,(H,21,22). The molecule has 4 nitrogen and oxygen atoms in total. The summed E-state index contributed by atoms with van der Waals surface area (Å²) in [6.45, 7) is 0. The number of aromatic amines is 1. The first-order chi connectivity index (χ1) is 11.3. The number of nitrogens with one attached hydrogen (secondary N) is 2. The lowest BCUT2D eigenvalue weighted by Gasteiger charge is -2.10. The van der Waals surface area contributed by atoms with E-state index < -0.39 is 0 Å². The van der Waals surface area contributed by atoms with Crippen LogP contribution in [0.4, 0.5) is 11.5 Å². The number of benzene rings is 2. The molecule has 2 aromatic heterocycles. The molecule has 4 aromatic rings. The quantitative estimate of drug-likeness (QED) is 0.515. The maximum atomic E-state index is 10.1. The van der Waals surface area contributed by atoms with Crippen molar-refractivity contribution >= 4 is 22.4 Å². The van der Waals surface area contributed by atoms with Gasteiger partial charge in [-0.3, -0.25) is 0 Å². The van der Waals surface area contributed by atoms with Gasteiger partial charge in [0.2, 0.25) is 0 Å². The molecule has 0 spiro atoms. The number of phenols is 1. The minimum absolute atomic E-state index is 0.216. The largest absolute Gasteiger partial charge is 0.508 e. The minimum atomic E-state index is 0.216. The first-order valence-corrected chi connectivity index (χ1v) is 7.38. The number of nitrogens with zero attached hydrogens (tertiary/aromatic N) is 1. The Balaban J connectivity index is 1.79. The van der Waals surface area contributed by atoms with E-state index in [9.17, 15) is 5.11 Å². The van der Waals surface area contributed by atoms with Crippen LogP contribution in [0.25, 0.3) is 22.0 Å². The van der Waals surface area contributed by atoms with Crippen molar-refractivity contribution in [3.05, 3.63) is 73.1 Å². The molecule has 0 atom stereocenters. The third kappa shape index (κ3) is 2.62. The molecule has 4 heteroatoms. The zero-order valence-corrected chi connectivity index (χ0v) is 12.3. The van der Waals surface area contributed by atoms with Crippen LogP contribution in [0, 0.1) is 0 Å². The normalized spacial score (nSPS) is 10.8. The van der Waals surface area contributed by atoms with Gasteiger partial charge in [0.1, 0.15) is 11.6 Å². The van der Waals surface area contributed by atoms with Crippen LogP contribution in [0.5, 0.6) is 5.75 Å². The number of fused-ring (bicyclic) bond motifs is 1. The van der Waals surface area contributed by atoms with Crippen LogP contribution in [0.1, 0.15) is 0 Å². The van der Waals surface area contributed by atoms with E-state index in [0.29, 0.717) is 0 Å². The summed E-state index contributed by atoms with van der Waals surface area (Å²) >= 11 is 0. The van der Waals surface area contributed by atoms with E-state index in [1.54, 1.807) is 18.3 Å². The summed E-state index contributed by atoms with van der Waals surface area (Å²) in [6, 6.07) is 19.3. The lowest BCUT2D eigenvalue weighted by atomic mass is 10.0. The van der Waals surface area contributed by atoms with Crippen LogP contribution in [-0.2, 0) is 0 Å². The van der Waals surface area contributed by atoms with Gasteiger partial charge >= 0.3 is 0 Å². The van der Waals surface area contributed by atoms with Crippen LogP contribution in [0.15, 0.2) is 73.1 Å². The van der Waals surface area contributed by atoms with Gasteiger partial charge < -0.3 is 15.4 Å². The van der Waals surface area contributed by atoms with Crippen molar-refractivity contribution in [3.8, 4) is 16.9 Å². The molecule has 4 rings (SSSR count). The van der Waals surface area contributed by atoms with Gasteiger partial charge in [-0.1, -0.05) is 18.2 Å². The molecule has 23 heavy (non-hydrogen) atoms. The average molecular weight is 301 g/mol. The maximum Gasteiger partial charge on any atom is 0.130 e. The number of H-pyrrole nitrogens is 1. The molecule has 0 amide bonds. The highest BCUT2D eigenvalue weighted by Gasteiger charge is 2.07. The van der Waals surface area contributed by atoms with Gasteiger partial charge in [0, 0.05) is 35.1 Å². The molecule has 112 valence electrons. The topological polar surface area (TPSA) is 60.9 Å². The molecule has 0 aliphatic heterocycles. The second-order valence-electron chi connectivity index (χ2n) is 5.35. The number of rotatable bonds is 3. The summed E-state index contributed by atoms with van der Waals surface area (Å²) in [5.41, 5.74) is 3.90. The number of pyridine rings is 1. The predicted molar refractivity (Wildman–Crippen MR) is 92.9 cm³/mol. The third-order valence-corrected chi connectivity index (χ3v) is 3.76. The van der Waals surface area contributed by atoms with Crippen LogP contribution in [0.3, 0.4) is 0 Å². The van der Waals surface area contributed by atoms with Gasteiger partial charge in [-0.15, -0.1) is 0 Å². The fourth-order valence-corrected chi connectivity index (χ4v) is 2.76. The van der Waals surface area contributed by atoms with E-state index >= 15 is 0 Å². The fraction of sp³-hybridized carbons (Fsp3) is 0. The second kappa shape index (κ2) is 5.50. The van der Waals surface area contributed by atoms with Crippen LogP contribution in [-0.4, -0.2) is 15.1 Å². The Bertz CT molecular complexity index is 961. The first-order valence-electron chi connectivity index (χ1n) is 7.38. The highest BCUT2D eigenvalue weighted by atomic mass is 16.3. The minimum Gasteiger partial charge on any atom is -0.508 e. The van der Waals surface area contributed by atoms with E-state index in [1.165, 1.54) is 0 Å². The number of anilines is 2. The molecule has 0 saturated heterocycles. The van der Waals surface area contributed by atoms with Crippen molar-refractivity contribution in [1.29, 1.82) is 0 Å². The monoisotopic (exact) mass is 301 g/mol. The fourth-order valence-electron chi connectivity index (χ4n) is 2.76. The zero-order valence-electron chi connectivity index (χ0n) is 12.3. The van der Waals surface area contributed by atoms with Gasteiger partial charge in [0.25, 0.3) is 0 Å². The highest BCUT2D eigenvalue weighted by Crippen LogP contribution is 2.33. The Morgan fingerprint density at radius 1 is 0.957 bits per heavy atom. The van der Waals surface area contributed by atoms with Crippen molar-refractivity contribution in [3.63, 3.8) is 0 Å². The molecule has 2 aromatic carbocycles. The lowest BCUT2D eigenvalue weighted by Crippen LogP contribution is -1.93. The van der Waals surface area contributed by atoms with Crippen molar-refractivity contribution in [2.75, 3.05) is 5.32 Å². The molecule has 0 fully saturated rings. The van der Waals surface area contributed by atoms with Gasteiger partial charge in [0.15, 0.2) is 0 Å². The van der Waals surface area contributed by atoms with Crippen molar-refractivity contribution in [2.45, 2.75) is 0 Å². The van der Waals surface area contributed by atoms with Gasteiger partial charge in [0.05, 0.1) is 0 Å². The third-order valence-electron chi connectivity index (χ3n) is 3.76. The number of hydrogen-bond acceptors (Lipinski definition) is 3. The molecule has 2 heterocycles. The lowest BCUT2D eigenvalue weighted by molar-refractivity contribution is 0.476. The van der Waals surface area contributed by atoms with E-state index in [0.717, 1.165) is 33.5 Å². The molecule has 0 radical (unpaired) electrons. The summed E-state index contributed by atoms with van der Waals surface area (Å²) in [4.78, 5) is 7.46. The molecular formula is C19H15N3O. The number of hydrogen-bond donors (Lipinski definition) is 3. The Morgan fingerprint density at radius 2 is 1.91 bits per heavy atom. The smallest absolute Gasteiger partial charge is 0.130 e. The molecule has 3 N–H and O–H groups in total. The van der Waals surface area contributed by atoms with E-state index in [2.05, 4.69) is 21.4 Å². The highest BCUT2D eigenvalue weighted by molar-refractivity contribution is 5.95. The maximum absolute atomic E-state index is 10.1. The van der Waals surface area contributed by atoms with Crippen LogP contribution >= 0.6 is 0 Å². The number of aromatic hydroxyl groups is 1. The Kier molecular flexibility index (Phi) is 3.20. The Morgan fingerprint density at radius 3 is 2.78 bits per heavy atom. The Hall–Kier alpha value is -3.27.